The van der Waals surface area contributed by atoms with Crippen LogP contribution in [0.3, 0.4) is 0 Å². The Hall–Kier alpha value is -9.92. The summed E-state index contributed by atoms with van der Waals surface area (Å²) in [6.45, 7) is 44.9. The molecule has 4 aromatic carbocycles. The van der Waals surface area contributed by atoms with Gasteiger partial charge in [-0.2, -0.15) is 0 Å². The van der Waals surface area contributed by atoms with Crippen LogP contribution < -0.4 is 0 Å². The summed E-state index contributed by atoms with van der Waals surface area (Å²) < 4.78 is 0. The van der Waals surface area contributed by atoms with Crippen LogP contribution in [0.1, 0.15) is 186 Å². The Morgan fingerprint density at radius 3 is 1.25 bits per heavy atom. The Balaban J connectivity index is 0.000000107. The molecular formula is C91H94N8. The highest BCUT2D eigenvalue weighted by Crippen LogP contribution is 2.44. The summed E-state index contributed by atoms with van der Waals surface area (Å²) >= 11 is 0. The Bertz CT molecular complexity index is 5280. The molecule has 99 heavy (non-hydrogen) atoms. The fourth-order valence-electron chi connectivity index (χ4n) is 15.4. The molecule has 0 fully saturated rings. The minimum absolute atomic E-state index is 0.882. The highest BCUT2D eigenvalue weighted by molar-refractivity contribution is 5.83. The van der Waals surface area contributed by atoms with E-state index < -0.39 is 0 Å². The molecule has 6 aliphatic carbocycles. The van der Waals surface area contributed by atoms with Gasteiger partial charge in [0.2, 0.25) is 0 Å². The highest BCUT2D eigenvalue weighted by Gasteiger charge is 2.29. The monoisotopic (exact) mass is 1300 g/mol. The van der Waals surface area contributed by atoms with E-state index in [1.807, 2.05) is 13.1 Å². The molecule has 8 heteroatoms. The number of nitrogens with zero attached hydrogens (tertiary/aromatic N) is 8. The molecular weight excluding hydrogens is 1210 g/mol. The van der Waals surface area contributed by atoms with Crippen LogP contribution in [0, 0.1) is 145 Å². The van der Waals surface area contributed by atoms with Gasteiger partial charge in [-0.3, -0.25) is 39.9 Å². The molecule has 8 aromatic heterocycles. The second-order valence-electron chi connectivity index (χ2n) is 29.0. The molecule has 0 amide bonds. The van der Waals surface area contributed by atoms with E-state index in [-0.39, 0.29) is 0 Å². The molecule has 12 aromatic rings. The van der Waals surface area contributed by atoms with Gasteiger partial charge in [0.15, 0.2) is 0 Å². The molecule has 0 unspecified atom stereocenters. The van der Waals surface area contributed by atoms with Crippen LogP contribution in [0.5, 0.6) is 0 Å². The maximum absolute atomic E-state index is 4.72. The topological polar surface area (TPSA) is 103 Å². The van der Waals surface area contributed by atoms with Gasteiger partial charge in [-0.1, -0.05) is 72.8 Å². The number of hydrogen-bond donors (Lipinski definition) is 0. The van der Waals surface area contributed by atoms with Gasteiger partial charge in [0.25, 0.3) is 0 Å². The quantitative estimate of drug-likeness (QED) is 0.148. The van der Waals surface area contributed by atoms with E-state index in [9.17, 15) is 0 Å². The third-order valence-electron chi connectivity index (χ3n) is 22.3. The molecule has 0 radical (unpaired) electrons. The lowest BCUT2D eigenvalue weighted by atomic mass is 9.94. The number of rotatable bonds is 0. The van der Waals surface area contributed by atoms with Crippen molar-refractivity contribution in [2.75, 3.05) is 0 Å². The van der Waals surface area contributed by atoms with Crippen molar-refractivity contribution in [2.24, 2.45) is 0 Å². The fourth-order valence-corrected chi connectivity index (χ4v) is 15.4. The molecule has 6 aliphatic rings. The summed E-state index contributed by atoms with van der Waals surface area (Å²) in [5.41, 5.74) is 58.1. The first-order valence-electron chi connectivity index (χ1n) is 35.3. The standard InChI is InChI=1S/C16H16.4C15H16N2.C15H14/c1-10-8-16-14-7-5-4-6-13(14)9-15(16)12(3)11(10)2;1-8-6-12-13(17-11(8)4)7-14-15(12)9(2)5-10(3)16-14;1-8-5-12-13(17-11(8)4)6-14-15(12)10(3)9(2)7-16-14;1-8-5-12-13-6-9(2)11(4)17-15(13)7-14(12)16-10(8)3;1-8-5-6-12-13(16-8)7-14-15(12)10(3)9(2)11(4)17-14;1-10-7-13-9-12-5-3-4-6-14(12)15(13)8-11(10)2/h4-8H,9H2,1-3H3;5-6H,7H2,1-4H3;5,7H,6H2,1-4H3;2*5-6H,7H2,1-4H3;3-8H,9H2,1-2H3. The summed E-state index contributed by atoms with van der Waals surface area (Å²) in [5.74, 6) is 0. The number of hydrogen-bond acceptors (Lipinski definition) is 8. The van der Waals surface area contributed by atoms with Gasteiger partial charge in [0, 0.05) is 116 Å². The number of aromatic nitrogens is 8. The molecule has 0 aliphatic heterocycles. The minimum Gasteiger partial charge on any atom is -0.260 e. The van der Waals surface area contributed by atoms with E-state index in [2.05, 4.69) is 273 Å². The Morgan fingerprint density at radius 1 is 0.222 bits per heavy atom. The summed E-state index contributed by atoms with van der Waals surface area (Å²) in [5, 5.41) is 0. The van der Waals surface area contributed by atoms with Crippen LogP contribution in [-0.4, -0.2) is 39.9 Å². The van der Waals surface area contributed by atoms with Crippen LogP contribution in [0.2, 0.25) is 0 Å². The molecule has 498 valence electrons. The SMILES string of the molecule is Cc1cc(C)c2c(n1)Cc1nc(C)c(C)cc1-2.Cc1cc2c(c(C)c1C)Cc1ccccc1-2.Cc1cc2c(cc1C)-c1ccccc1C2.Cc1cc2c(nc1C)Cc1nc(C)c(C)cc1-2.Cc1cc2c(nc1C)Cc1ncc(C)c(C)c1-2.Cc1ccc2c(n1)Cc1nc(C)c(C)c(C)c1-2. The lowest BCUT2D eigenvalue weighted by molar-refractivity contribution is 1.00. The van der Waals surface area contributed by atoms with Gasteiger partial charge < -0.3 is 0 Å². The summed E-state index contributed by atoms with van der Waals surface area (Å²) in [6, 6.07) is 40.0. The lowest BCUT2D eigenvalue weighted by Gasteiger charge is -2.11. The second-order valence-corrected chi connectivity index (χ2v) is 29.0. The summed E-state index contributed by atoms with van der Waals surface area (Å²) in [7, 11) is 0. The van der Waals surface area contributed by atoms with E-state index in [0.717, 1.165) is 78.4 Å². The fraction of sp³-hybridized carbons (Fsp3) is 0.297. The van der Waals surface area contributed by atoms with Gasteiger partial charge in [-0.15, -0.1) is 0 Å². The first-order chi connectivity index (χ1) is 47.2. The van der Waals surface area contributed by atoms with Gasteiger partial charge >= 0.3 is 0 Å². The van der Waals surface area contributed by atoms with E-state index in [0.29, 0.717) is 0 Å². The summed E-state index contributed by atoms with van der Waals surface area (Å²) in [6.07, 6.45) is 7.72. The first kappa shape index (κ1) is 67.6. The first-order valence-corrected chi connectivity index (χ1v) is 35.3. The van der Waals surface area contributed by atoms with Gasteiger partial charge in [-0.25, -0.2) is 0 Å². The van der Waals surface area contributed by atoms with Crippen molar-refractivity contribution in [1.82, 2.24) is 39.9 Å². The zero-order chi connectivity index (χ0) is 70.3. The van der Waals surface area contributed by atoms with Crippen LogP contribution >= 0.6 is 0 Å². The molecule has 0 saturated carbocycles. The van der Waals surface area contributed by atoms with Crippen molar-refractivity contribution in [2.45, 2.75) is 184 Å². The number of aryl methyl sites for hydroxylation is 16. The van der Waals surface area contributed by atoms with Crippen molar-refractivity contribution in [1.29, 1.82) is 0 Å². The Labute approximate surface area is 588 Å². The van der Waals surface area contributed by atoms with Crippen LogP contribution in [0.25, 0.3) is 66.8 Å². The number of benzene rings is 4. The molecule has 0 saturated heterocycles. The van der Waals surface area contributed by atoms with Gasteiger partial charge in [0.1, 0.15) is 0 Å². The molecule has 0 N–H and O–H groups in total. The zero-order valence-corrected chi connectivity index (χ0v) is 62.3. The predicted octanol–water partition coefficient (Wildman–Crippen LogP) is 21.2. The minimum atomic E-state index is 0.882. The predicted molar refractivity (Wildman–Crippen MR) is 410 cm³/mol. The van der Waals surface area contributed by atoms with E-state index in [1.165, 1.54) is 212 Å². The maximum Gasteiger partial charge on any atom is 0.0548 e. The molecule has 0 atom stereocenters. The second kappa shape index (κ2) is 26.7. The third kappa shape index (κ3) is 12.8. The highest BCUT2D eigenvalue weighted by atomic mass is 14.8. The molecule has 0 spiro atoms. The van der Waals surface area contributed by atoms with E-state index >= 15 is 0 Å². The number of fused-ring (bicyclic) bond motifs is 18. The molecule has 8 heterocycles. The van der Waals surface area contributed by atoms with Crippen molar-refractivity contribution in [3.8, 4) is 66.8 Å². The van der Waals surface area contributed by atoms with Gasteiger partial charge in [-0.05, 0) is 317 Å². The molecule has 0 bridgehead atoms. The average molecular weight is 1300 g/mol. The van der Waals surface area contributed by atoms with Gasteiger partial charge in [0.05, 0.1) is 45.6 Å². The van der Waals surface area contributed by atoms with Crippen molar-refractivity contribution < 1.29 is 0 Å². The van der Waals surface area contributed by atoms with Crippen LogP contribution in [-0.2, 0) is 38.5 Å². The van der Waals surface area contributed by atoms with E-state index in [1.54, 1.807) is 0 Å². The zero-order valence-electron chi connectivity index (χ0n) is 62.3. The summed E-state index contributed by atoms with van der Waals surface area (Å²) in [4.78, 5) is 37.3. The Kier molecular flexibility index (Phi) is 18.3. The third-order valence-corrected chi connectivity index (χ3v) is 22.3. The van der Waals surface area contributed by atoms with Crippen LogP contribution in [0.4, 0.5) is 0 Å². The van der Waals surface area contributed by atoms with Crippen molar-refractivity contribution >= 4 is 0 Å². The van der Waals surface area contributed by atoms with E-state index in [4.69, 9.17) is 15.0 Å². The van der Waals surface area contributed by atoms with Crippen molar-refractivity contribution in [3.63, 3.8) is 0 Å². The Morgan fingerprint density at radius 2 is 0.657 bits per heavy atom. The smallest absolute Gasteiger partial charge is 0.0548 e. The van der Waals surface area contributed by atoms with Crippen LogP contribution in [0.15, 0.2) is 115 Å². The molecule has 8 nitrogen and oxygen atoms in total. The maximum atomic E-state index is 4.72. The normalized spacial score (nSPS) is 12.5. The lowest BCUT2D eigenvalue weighted by Crippen LogP contribution is -1.97. The largest absolute Gasteiger partial charge is 0.260 e. The molecule has 18 rings (SSSR count). The number of pyridine rings is 8. The average Bonchev–Trinajstić information content (AvgIpc) is 1.67. The van der Waals surface area contributed by atoms with Crippen molar-refractivity contribution in [3.05, 3.63) is 301 Å².